The number of aliphatic imine (C=N–C) groups is 1. The number of amides is 1. The number of hydrogen-bond acceptors (Lipinski definition) is 9. The standard InChI is InChI=1S/C27H34N6O5/c1-6-20-11-19(8-9-37-20)33(27(35)36-7-2)24-23-21(38-26(24)25(34)17(12-28)13-29-4)10-16(3)22(31-23)18-14-30-32(5)15-18/h10,12-15,19-20H,6-9,11,28H2,1-5H3/b17-12+,29-13?. The number of ether oxygens (including phenoxy) is 2. The highest BCUT2D eigenvalue weighted by atomic mass is 16.6. The molecule has 4 rings (SSSR count). The maximum Gasteiger partial charge on any atom is 0.414 e. The second-order valence-corrected chi connectivity index (χ2v) is 9.17. The highest BCUT2D eigenvalue weighted by Gasteiger charge is 2.38. The van der Waals surface area contributed by atoms with Gasteiger partial charge in [0, 0.05) is 50.9 Å². The van der Waals surface area contributed by atoms with E-state index in [1.165, 1.54) is 17.3 Å². The largest absolute Gasteiger partial charge is 0.449 e. The van der Waals surface area contributed by atoms with Crippen molar-refractivity contribution in [2.24, 2.45) is 17.8 Å². The molecule has 11 nitrogen and oxygen atoms in total. The first-order chi connectivity index (χ1) is 18.3. The predicted octanol–water partition coefficient (Wildman–Crippen LogP) is 4.18. The molecule has 1 aliphatic heterocycles. The maximum absolute atomic E-state index is 13.7. The van der Waals surface area contributed by atoms with E-state index in [0.29, 0.717) is 36.2 Å². The number of fused-ring (bicyclic) bond motifs is 1. The molecule has 3 aromatic rings. The Kier molecular flexibility index (Phi) is 8.26. The van der Waals surface area contributed by atoms with Crippen molar-refractivity contribution in [3.8, 4) is 11.3 Å². The number of carbonyl (C=O) groups is 2. The molecule has 11 heteroatoms. The normalized spacial score (nSPS) is 18.3. The van der Waals surface area contributed by atoms with Crippen molar-refractivity contribution in [3.63, 3.8) is 0 Å². The summed E-state index contributed by atoms with van der Waals surface area (Å²) in [7, 11) is 3.37. The zero-order valence-corrected chi connectivity index (χ0v) is 22.4. The number of nitrogens with two attached hydrogens (primary N) is 1. The van der Waals surface area contributed by atoms with Crippen LogP contribution in [0.5, 0.6) is 0 Å². The predicted molar refractivity (Wildman–Crippen MR) is 145 cm³/mol. The fourth-order valence-corrected chi connectivity index (χ4v) is 4.76. The van der Waals surface area contributed by atoms with Gasteiger partial charge >= 0.3 is 6.09 Å². The van der Waals surface area contributed by atoms with Crippen LogP contribution >= 0.6 is 0 Å². The molecule has 38 heavy (non-hydrogen) atoms. The van der Waals surface area contributed by atoms with Crippen LogP contribution in [0, 0.1) is 6.92 Å². The summed E-state index contributed by atoms with van der Waals surface area (Å²) < 4.78 is 19.2. The Morgan fingerprint density at radius 2 is 2.16 bits per heavy atom. The second-order valence-electron chi connectivity index (χ2n) is 9.17. The van der Waals surface area contributed by atoms with Gasteiger partial charge in [0.2, 0.25) is 11.5 Å². The van der Waals surface area contributed by atoms with Crippen LogP contribution in [0.1, 0.15) is 49.2 Å². The van der Waals surface area contributed by atoms with Crippen molar-refractivity contribution in [1.29, 1.82) is 0 Å². The number of allylic oxidation sites excluding steroid dienone is 1. The minimum absolute atomic E-state index is 0.0316. The van der Waals surface area contributed by atoms with Crippen LogP contribution in [0.2, 0.25) is 0 Å². The molecule has 2 atom stereocenters. The number of hydrogen-bond donors (Lipinski definition) is 1. The van der Waals surface area contributed by atoms with Gasteiger partial charge in [0.25, 0.3) is 0 Å². The van der Waals surface area contributed by atoms with E-state index >= 15 is 0 Å². The highest BCUT2D eigenvalue weighted by molar-refractivity contribution is 6.24. The molecule has 1 aliphatic rings. The van der Waals surface area contributed by atoms with Crippen LogP contribution in [0.25, 0.3) is 22.4 Å². The zero-order valence-electron chi connectivity index (χ0n) is 22.4. The Balaban J connectivity index is 2.00. The number of aromatic nitrogens is 3. The van der Waals surface area contributed by atoms with Gasteiger partial charge in [-0.3, -0.25) is 19.4 Å². The molecule has 1 saturated heterocycles. The first kappa shape index (κ1) is 27.1. The molecule has 0 aliphatic carbocycles. The summed E-state index contributed by atoms with van der Waals surface area (Å²) in [6.07, 6.45) is 7.41. The molecule has 3 aromatic heterocycles. The second kappa shape index (κ2) is 11.6. The molecule has 1 amide bonds. The fraction of sp³-hybridized carbons (Fsp3) is 0.444. The van der Waals surface area contributed by atoms with E-state index in [4.69, 9.17) is 24.6 Å². The van der Waals surface area contributed by atoms with Gasteiger partial charge in [-0.05, 0) is 44.7 Å². The summed E-state index contributed by atoms with van der Waals surface area (Å²) >= 11 is 0. The van der Waals surface area contributed by atoms with E-state index in [2.05, 4.69) is 10.1 Å². The summed E-state index contributed by atoms with van der Waals surface area (Å²) in [4.78, 5) is 37.6. The third-order valence-electron chi connectivity index (χ3n) is 6.59. The average molecular weight is 523 g/mol. The molecule has 0 saturated carbocycles. The number of nitrogens with zero attached hydrogens (tertiary/aromatic N) is 5. The first-order valence-electron chi connectivity index (χ1n) is 12.7. The van der Waals surface area contributed by atoms with Crippen molar-refractivity contribution < 1.29 is 23.5 Å². The summed E-state index contributed by atoms with van der Waals surface area (Å²) in [5.41, 5.74) is 9.17. The van der Waals surface area contributed by atoms with E-state index in [-0.39, 0.29) is 35.8 Å². The van der Waals surface area contributed by atoms with Gasteiger partial charge in [-0.1, -0.05) is 6.92 Å². The lowest BCUT2D eigenvalue weighted by molar-refractivity contribution is 0.00467. The lowest BCUT2D eigenvalue weighted by Gasteiger charge is -2.36. The lowest BCUT2D eigenvalue weighted by Crippen LogP contribution is -2.46. The Hall–Kier alpha value is -3.99. The third kappa shape index (κ3) is 5.19. The van der Waals surface area contributed by atoms with Crippen LogP contribution in [0.3, 0.4) is 0 Å². The SMILES string of the molecule is CCOC(=O)N(c1c(C(=O)/C(C=NC)=C/N)oc2cc(C)c(-c3cnn(C)c3)nc12)C1CCOC(CC)C1. The number of aryl methyl sites for hydroxylation is 2. The summed E-state index contributed by atoms with van der Waals surface area (Å²) in [5, 5.41) is 4.27. The van der Waals surface area contributed by atoms with Gasteiger partial charge < -0.3 is 19.6 Å². The summed E-state index contributed by atoms with van der Waals surface area (Å²) in [5.74, 6) is -0.570. The molecule has 1 fully saturated rings. The number of anilines is 1. The molecule has 2 unspecified atom stereocenters. The third-order valence-corrected chi connectivity index (χ3v) is 6.59. The summed E-state index contributed by atoms with van der Waals surface area (Å²) in [6.45, 7) is 6.32. The Morgan fingerprint density at radius 3 is 2.79 bits per heavy atom. The minimum atomic E-state index is -0.584. The van der Waals surface area contributed by atoms with Gasteiger partial charge in [0.1, 0.15) is 11.2 Å². The first-order valence-corrected chi connectivity index (χ1v) is 12.7. The molecule has 0 spiro atoms. The molecule has 2 N–H and O–H groups in total. The van der Waals surface area contributed by atoms with Crippen molar-refractivity contribution in [1.82, 2.24) is 14.8 Å². The van der Waals surface area contributed by atoms with E-state index in [1.807, 2.05) is 33.2 Å². The van der Waals surface area contributed by atoms with Crippen molar-refractivity contribution in [2.75, 3.05) is 25.2 Å². The Labute approximate surface area is 221 Å². The van der Waals surface area contributed by atoms with E-state index in [0.717, 1.165) is 17.5 Å². The number of Topliss-reactive ketones (excluding diaryl/α,β-unsaturated/α-hetero) is 1. The van der Waals surface area contributed by atoms with Gasteiger partial charge in [-0.15, -0.1) is 0 Å². The van der Waals surface area contributed by atoms with E-state index in [9.17, 15) is 9.59 Å². The highest BCUT2D eigenvalue weighted by Crippen LogP contribution is 2.40. The molecular weight excluding hydrogens is 488 g/mol. The molecule has 0 bridgehead atoms. The van der Waals surface area contributed by atoms with Gasteiger partial charge in [-0.25, -0.2) is 9.78 Å². The van der Waals surface area contributed by atoms with E-state index in [1.54, 1.807) is 24.9 Å². The van der Waals surface area contributed by atoms with E-state index < -0.39 is 11.9 Å². The monoisotopic (exact) mass is 522 g/mol. The average Bonchev–Trinajstić information content (AvgIpc) is 3.50. The Bertz CT molecular complexity index is 1390. The van der Waals surface area contributed by atoms with Crippen LogP contribution in [0.4, 0.5) is 10.5 Å². The van der Waals surface area contributed by atoms with Crippen LogP contribution < -0.4 is 10.6 Å². The fourth-order valence-electron chi connectivity index (χ4n) is 4.76. The molecule has 202 valence electrons. The topological polar surface area (TPSA) is 138 Å². The lowest BCUT2D eigenvalue weighted by atomic mass is 9.98. The van der Waals surface area contributed by atoms with Crippen LogP contribution in [0.15, 0.2) is 39.6 Å². The quantitative estimate of drug-likeness (QED) is 0.264. The number of pyridine rings is 1. The van der Waals surface area contributed by atoms with Gasteiger partial charge in [0.15, 0.2) is 5.58 Å². The number of furan rings is 1. The van der Waals surface area contributed by atoms with Gasteiger partial charge in [0.05, 0.1) is 30.2 Å². The summed E-state index contributed by atoms with van der Waals surface area (Å²) in [6, 6.07) is 1.52. The van der Waals surface area contributed by atoms with Crippen LogP contribution in [-0.4, -0.2) is 65.3 Å². The Morgan fingerprint density at radius 1 is 1.37 bits per heavy atom. The number of ketones is 1. The molecule has 4 heterocycles. The number of carbonyl (C=O) groups excluding carboxylic acids is 2. The van der Waals surface area contributed by atoms with Crippen molar-refractivity contribution >= 4 is 34.9 Å². The smallest absolute Gasteiger partial charge is 0.414 e. The van der Waals surface area contributed by atoms with Crippen molar-refractivity contribution in [3.05, 3.63) is 41.6 Å². The molecular formula is C27H34N6O5. The number of rotatable bonds is 8. The van der Waals surface area contributed by atoms with Crippen molar-refractivity contribution in [2.45, 2.75) is 52.2 Å². The molecule has 0 radical (unpaired) electrons. The zero-order chi connectivity index (χ0) is 27.4. The maximum atomic E-state index is 13.7. The molecule has 0 aromatic carbocycles. The minimum Gasteiger partial charge on any atom is -0.449 e. The van der Waals surface area contributed by atoms with Crippen LogP contribution in [-0.2, 0) is 16.5 Å². The van der Waals surface area contributed by atoms with Gasteiger partial charge in [-0.2, -0.15) is 5.10 Å².